The third kappa shape index (κ3) is 5.34. The van der Waals surface area contributed by atoms with E-state index in [0.29, 0.717) is 13.2 Å². The first-order valence-corrected chi connectivity index (χ1v) is 9.36. The smallest absolute Gasteiger partial charge is 0.412 e. The van der Waals surface area contributed by atoms with Gasteiger partial charge in [-0.15, -0.1) is 0 Å². The predicted molar refractivity (Wildman–Crippen MR) is 106 cm³/mol. The van der Waals surface area contributed by atoms with E-state index >= 15 is 0 Å². The second kappa shape index (κ2) is 7.83. The summed E-state index contributed by atoms with van der Waals surface area (Å²) in [4.78, 5) is 14.3. The molecule has 0 bridgehead atoms. The third-order valence-corrected chi connectivity index (χ3v) is 4.89. The summed E-state index contributed by atoms with van der Waals surface area (Å²) < 4.78 is 11.3. The van der Waals surface area contributed by atoms with Crippen molar-refractivity contribution in [1.82, 2.24) is 4.90 Å². The van der Waals surface area contributed by atoms with E-state index in [9.17, 15) is 4.79 Å². The molecule has 0 N–H and O–H groups in total. The molecule has 1 saturated heterocycles. The van der Waals surface area contributed by atoms with E-state index in [4.69, 9.17) is 9.47 Å². The molecule has 2 rings (SSSR count). The summed E-state index contributed by atoms with van der Waals surface area (Å²) >= 11 is 0. The van der Waals surface area contributed by atoms with Crippen molar-refractivity contribution in [2.45, 2.75) is 65.6 Å². The first-order chi connectivity index (χ1) is 12.0. The summed E-state index contributed by atoms with van der Waals surface area (Å²) in [5.41, 5.74) is 0.287. The molecule has 1 aliphatic heterocycles. The van der Waals surface area contributed by atoms with Crippen molar-refractivity contribution in [3.63, 3.8) is 0 Å². The summed E-state index contributed by atoms with van der Waals surface area (Å²) in [5.74, 6) is 0. The zero-order chi connectivity index (χ0) is 19.4. The molecule has 1 aromatic carbocycles. The molecule has 26 heavy (non-hydrogen) atoms. The summed E-state index contributed by atoms with van der Waals surface area (Å²) in [6.45, 7) is 13.1. The van der Waals surface area contributed by atoms with Crippen molar-refractivity contribution in [3.05, 3.63) is 42.0 Å². The molecule has 1 aromatic rings. The molecule has 0 radical (unpaired) electrons. The minimum atomic E-state index is -0.630. The lowest BCUT2D eigenvalue weighted by Gasteiger charge is -2.37. The van der Waals surface area contributed by atoms with Gasteiger partial charge in [-0.1, -0.05) is 56.3 Å². The van der Waals surface area contributed by atoms with E-state index in [-0.39, 0.29) is 17.0 Å². The van der Waals surface area contributed by atoms with E-state index in [1.54, 1.807) is 4.90 Å². The molecule has 1 heterocycles. The van der Waals surface area contributed by atoms with Crippen LogP contribution in [0.4, 0.5) is 4.79 Å². The van der Waals surface area contributed by atoms with Gasteiger partial charge in [0.05, 0.1) is 18.8 Å². The van der Waals surface area contributed by atoms with Crippen LogP contribution in [0.1, 0.15) is 59.9 Å². The highest BCUT2D eigenvalue weighted by atomic mass is 16.6. The molecule has 144 valence electrons. The zero-order valence-electron chi connectivity index (χ0n) is 17.0. The number of benzene rings is 1. The van der Waals surface area contributed by atoms with Crippen molar-refractivity contribution in [2.75, 3.05) is 13.2 Å². The fourth-order valence-electron chi connectivity index (χ4n) is 3.34. The molecule has 1 aliphatic rings. The Morgan fingerprint density at radius 1 is 1.23 bits per heavy atom. The van der Waals surface area contributed by atoms with Crippen molar-refractivity contribution in [1.29, 1.82) is 0 Å². The van der Waals surface area contributed by atoms with Crippen molar-refractivity contribution < 1.29 is 14.3 Å². The van der Waals surface area contributed by atoms with E-state index in [1.807, 2.05) is 45.9 Å². The highest BCUT2D eigenvalue weighted by molar-refractivity contribution is 5.70. The van der Waals surface area contributed by atoms with Gasteiger partial charge in [0, 0.05) is 0 Å². The monoisotopic (exact) mass is 359 g/mol. The number of allylic oxidation sites excluding steroid dienone is 1. The Kier molecular flexibility index (Phi) is 6.17. The Labute approximate surface area is 158 Å². The molecule has 1 fully saturated rings. The Morgan fingerprint density at radius 3 is 2.46 bits per heavy atom. The van der Waals surface area contributed by atoms with Gasteiger partial charge in [0.2, 0.25) is 0 Å². The van der Waals surface area contributed by atoms with Crippen LogP contribution >= 0.6 is 0 Å². The standard InChI is InChI=1S/C22H33NO3/c1-20(2,14-10-13-18-11-8-7-9-12-18)15-16-25-19(24)23-21(3,4)17-26-22(23,5)6/h7-13H,14-17H2,1-6H3/b13-10-. The fourth-order valence-corrected chi connectivity index (χ4v) is 3.34. The Hall–Kier alpha value is -1.81. The number of carbonyl (C=O) groups is 1. The van der Waals surface area contributed by atoms with Gasteiger partial charge in [-0.3, -0.25) is 4.90 Å². The van der Waals surface area contributed by atoms with Gasteiger partial charge >= 0.3 is 6.09 Å². The number of hydrogen-bond acceptors (Lipinski definition) is 3. The lowest BCUT2D eigenvalue weighted by molar-refractivity contribution is -0.0527. The Balaban J connectivity index is 1.82. The third-order valence-electron chi connectivity index (χ3n) is 4.89. The minimum absolute atomic E-state index is 0.0676. The SMILES string of the molecule is CC(C)(C/C=C\c1ccccc1)CCOC(=O)N1C(C)(C)COC1(C)C. The normalized spacial score (nSPS) is 19.1. The lowest BCUT2D eigenvalue weighted by atomic mass is 9.86. The van der Waals surface area contributed by atoms with Crippen molar-refractivity contribution >= 4 is 12.2 Å². The van der Waals surface area contributed by atoms with Gasteiger partial charge in [0.1, 0.15) is 5.72 Å². The van der Waals surface area contributed by atoms with Gasteiger partial charge in [0.25, 0.3) is 0 Å². The van der Waals surface area contributed by atoms with E-state index in [0.717, 1.165) is 12.8 Å². The summed E-state index contributed by atoms with van der Waals surface area (Å²) in [6, 6.07) is 10.3. The molecule has 0 unspecified atom stereocenters. The number of hydrogen-bond donors (Lipinski definition) is 0. The molecular formula is C22H33NO3. The van der Waals surface area contributed by atoms with Crippen molar-refractivity contribution in [3.8, 4) is 0 Å². The summed E-state index contributed by atoms with van der Waals surface area (Å²) in [6.07, 6.45) is 5.78. The molecular weight excluding hydrogens is 326 g/mol. The molecule has 1 amide bonds. The second-order valence-electron chi connectivity index (χ2n) is 8.93. The van der Waals surface area contributed by atoms with Gasteiger partial charge in [-0.25, -0.2) is 4.79 Å². The van der Waals surface area contributed by atoms with Crippen LogP contribution < -0.4 is 0 Å². The number of ether oxygens (including phenoxy) is 2. The topological polar surface area (TPSA) is 38.8 Å². The summed E-state index contributed by atoms with van der Waals surface area (Å²) in [5, 5.41) is 0. The van der Waals surface area contributed by atoms with Gasteiger partial charge in [-0.05, 0) is 51.5 Å². The van der Waals surface area contributed by atoms with Crippen LogP contribution in [-0.4, -0.2) is 35.5 Å². The summed E-state index contributed by atoms with van der Waals surface area (Å²) in [7, 11) is 0. The fraction of sp³-hybridized carbons (Fsp3) is 0.591. The van der Waals surface area contributed by atoms with Crippen LogP contribution in [0.5, 0.6) is 0 Å². The highest BCUT2D eigenvalue weighted by Crippen LogP contribution is 2.35. The van der Waals surface area contributed by atoms with Crippen molar-refractivity contribution in [2.24, 2.45) is 5.41 Å². The van der Waals surface area contributed by atoms with Gasteiger partial charge in [0.15, 0.2) is 0 Å². The molecule has 0 spiro atoms. The first kappa shape index (κ1) is 20.5. The van der Waals surface area contributed by atoms with Crippen LogP contribution in [0.3, 0.4) is 0 Å². The maximum absolute atomic E-state index is 12.6. The maximum Gasteiger partial charge on any atom is 0.412 e. The largest absolute Gasteiger partial charge is 0.449 e. The number of rotatable bonds is 6. The van der Waals surface area contributed by atoms with Crippen LogP contribution in [-0.2, 0) is 9.47 Å². The van der Waals surface area contributed by atoms with Crippen LogP contribution in [0.15, 0.2) is 36.4 Å². The van der Waals surface area contributed by atoms with E-state index in [2.05, 4.69) is 38.1 Å². The second-order valence-corrected chi connectivity index (χ2v) is 8.93. The Morgan fingerprint density at radius 2 is 1.88 bits per heavy atom. The Bertz CT molecular complexity index is 616. The number of carbonyl (C=O) groups excluding carboxylic acids is 1. The lowest BCUT2D eigenvalue weighted by Crippen LogP contribution is -2.53. The molecule has 4 heteroatoms. The minimum Gasteiger partial charge on any atom is -0.449 e. The number of amides is 1. The molecule has 0 aliphatic carbocycles. The average Bonchev–Trinajstić information content (AvgIpc) is 2.76. The van der Waals surface area contributed by atoms with Crippen LogP contribution in [0.25, 0.3) is 6.08 Å². The van der Waals surface area contributed by atoms with E-state index in [1.165, 1.54) is 5.56 Å². The zero-order valence-corrected chi connectivity index (χ0v) is 17.0. The maximum atomic E-state index is 12.6. The average molecular weight is 360 g/mol. The predicted octanol–water partition coefficient (Wildman–Crippen LogP) is 5.49. The van der Waals surface area contributed by atoms with Gasteiger partial charge in [-0.2, -0.15) is 0 Å². The van der Waals surface area contributed by atoms with Gasteiger partial charge < -0.3 is 9.47 Å². The quantitative estimate of drug-likeness (QED) is 0.674. The van der Waals surface area contributed by atoms with E-state index < -0.39 is 5.72 Å². The molecule has 0 atom stereocenters. The molecule has 4 nitrogen and oxygen atoms in total. The molecule has 0 aromatic heterocycles. The van der Waals surface area contributed by atoms with Crippen LogP contribution in [0, 0.1) is 5.41 Å². The highest BCUT2D eigenvalue weighted by Gasteiger charge is 2.49. The number of nitrogens with zero attached hydrogens (tertiary/aromatic N) is 1. The first-order valence-electron chi connectivity index (χ1n) is 9.36. The van der Waals surface area contributed by atoms with Crippen LogP contribution in [0.2, 0.25) is 0 Å². The molecule has 0 saturated carbocycles.